The zero-order valence-electron chi connectivity index (χ0n) is 7.47. The molecule has 0 saturated carbocycles. The van der Waals surface area contributed by atoms with Crippen LogP contribution in [0.15, 0.2) is 29.2 Å². The van der Waals surface area contributed by atoms with Gasteiger partial charge in [-0.15, -0.1) is 0 Å². The number of nitrogens with zero attached hydrogens (tertiary/aromatic N) is 2. The van der Waals surface area contributed by atoms with E-state index in [9.17, 15) is 4.79 Å². The van der Waals surface area contributed by atoms with Gasteiger partial charge in [0.2, 0.25) is 0 Å². The zero-order valence-corrected chi connectivity index (χ0v) is 7.47. The van der Waals surface area contributed by atoms with Gasteiger partial charge in [0, 0.05) is 18.8 Å². The molecule has 0 amide bonds. The Kier molecular flexibility index (Phi) is 1.33. The zero-order chi connectivity index (χ0) is 9.71. The van der Waals surface area contributed by atoms with E-state index < -0.39 is 0 Å². The van der Waals surface area contributed by atoms with Crippen molar-refractivity contribution in [3.05, 3.63) is 40.3 Å². The minimum absolute atomic E-state index is 0.000278. The molecule has 2 aromatic heterocycles. The number of hydrogen-bond donors (Lipinski definition) is 1. The number of pyridine rings is 2. The lowest BCUT2D eigenvalue weighted by Crippen LogP contribution is -2.19. The summed E-state index contributed by atoms with van der Waals surface area (Å²) in [6.07, 6.45) is 1.73. The van der Waals surface area contributed by atoms with Gasteiger partial charge in [-0.25, -0.2) is 0 Å². The van der Waals surface area contributed by atoms with Gasteiger partial charge < -0.3 is 10.3 Å². The molecule has 0 unspecified atom stereocenters. The quantitative estimate of drug-likeness (QED) is 0.649. The summed E-state index contributed by atoms with van der Waals surface area (Å²) in [6.45, 7) is 0.567. The van der Waals surface area contributed by atoms with Gasteiger partial charge in [0.05, 0.1) is 17.1 Å². The molecule has 0 aliphatic carbocycles. The highest BCUT2D eigenvalue weighted by Gasteiger charge is 2.21. The van der Waals surface area contributed by atoms with Gasteiger partial charge in [-0.3, -0.25) is 9.78 Å². The van der Waals surface area contributed by atoms with Crippen LogP contribution in [-0.2, 0) is 6.54 Å². The Morgan fingerprint density at radius 2 is 2.29 bits per heavy atom. The van der Waals surface area contributed by atoms with E-state index >= 15 is 0 Å². The molecule has 0 fully saturated rings. The smallest absolute Gasteiger partial charge is 0.251 e. The van der Waals surface area contributed by atoms with Crippen LogP contribution >= 0.6 is 0 Å². The van der Waals surface area contributed by atoms with E-state index in [0.29, 0.717) is 6.54 Å². The Morgan fingerprint density at radius 1 is 1.43 bits per heavy atom. The van der Waals surface area contributed by atoms with Gasteiger partial charge >= 0.3 is 0 Å². The SMILES string of the molecule is N[C@@H]1Cn2c(=O)ccc3nccc1c32. The third kappa shape index (κ3) is 0.807. The second kappa shape index (κ2) is 2.42. The summed E-state index contributed by atoms with van der Waals surface area (Å²) >= 11 is 0. The molecule has 0 saturated heterocycles. The van der Waals surface area contributed by atoms with Crippen LogP contribution in [0, 0.1) is 0 Å². The highest BCUT2D eigenvalue weighted by Crippen LogP contribution is 2.27. The fourth-order valence-corrected chi connectivity index (χ4v) is 2.03. The van der Waals surface area contributed by atoms with Crippen LogP contribution in [0.4, 0.5) is 0 Å². The number of rotatable bonds is 0. The maximum atomic E-state index is 11.5. The van der Waals surface area contributed by atoms with E-state index in [1.54, 1.807) is 16.8 Å². The van der Waals surface area contributed by atoms with Gasteiger partial charge in [-0.05, 0) is 17.7 Å². The summed E-state index contributed by atoms with van der Waals surface area (Å²) in [5.41, 5.74) is 8.68. The first-order valence-electron chi connectivity index (χ1n) is 4.51. The molecule has 70 valence electrons. The summed E-state index contributed by atoms with van der Waals surface area (Å²) in [5.74, 6) is 0. The van der Waals surface area contributed by atoms with Gasteiger partial charge in [0.15, 0.2) is 0 Å². The number of aromatic nitrogens is 2. The summed E-state index contributed by atoms with van der Waals surface area (Å²) in [5, 5.41) is 0. The molecular weight excluding hydrogens is 178 g/mol. The Labute approximate surface area is 80.0 Å². The van der Waals surface area contributed by atoms with Gasteiger partial charge in [-0.2, -0.15) is 0 Å². The standard InChI is InChI=1S/C10H9N3O/c11-7-5-13-9(14)2-1-8-10(13)6(7)3-4-12-8/h1-4,7H,5,11H2/t7-/m1/s1. The molecule has 4 nitrogen and oxygen atoms in total. The Balaban J connectivity index is 2.58. The van der Waals surface area contributed by atoms with Gasteiger partial charge in [0.25, 0.3) is 5.56 Å². The lowest BCUT2D eigenvalue weighted by atomic mass is 10.1. The average molecular weight is 187 g/mol. The molecule has 4 heteroatoms. The van der Waals surface area contributed by atoms with Crippen molar-refractivity contribution in [1.82, 2.24) is 9.55 Å². The maximum Gasteiger partial charge on any atom is 0.251 e. The van der Waals surface area contributed by atoms with E-state index in [2.05, 4.69) is 4.98 Å². The third-order valence-electron chi connectivity index (χ3n) is 2.68. The van der Waals surface area contributed by atoms with Gasteiger partial charge in [-0.1, -0.05) is 0 Å². The van der Waals surface area contributed by atoms with Crippen LogP contribution in [0.1, 0.15) is 11.6 Å². The Hall–Kier alpha value is -1.68. The lowest BCUT2D eigenvalue weighted by molar-refractivity contribution is 0.621. The molecule has 0 aromatic carbocycles. The molecule has 0 radical (unpaired) electrons. The monoisotopic (exact) mass is 187 g/mol. The second-order valence-corrected chi connectivity index (χ2v) is 3.52. The fraction of sp³-hybridized carbons (Fsp3) is 0.200. The van der Waals surface area contributed by atoms with Crippen molar-refractivity contribution in [2.45, 2.75) is 12.6 Å². The topological polar surface area (TPSA) is 60.9 Å². The van der Waals surface area contributed by atoms with E-state index in [-0.39, 0.29) is 11.6 Å². The molecule has 2 aromatic rings. The summed E-state index contributed by atoms with van der Waals surface area (Å²) in [6, 6.07) is 5.10. The molecule has 1 atom stereocenters. The van der Waals surface area contributed by atoms with Crippen molar-refractivity contribution in [2.24, 2.45) is 5.73 Å². The number of hydrogen-bond acceptors (Lipinski definition) is 3. The molecular formula is C10H9N3O. The fourth-order valence-electron chi connectivity index (χ4n) is 2.03. The van der Waals surface area contributed by atoms with Gasteiger partial charge in [0.1, 0.15) is 0 Å². The number of nitrogens with two attached hydrogens (primary N) is 1. The van der Waals surface area contributed by atoms with Crippen molar-refractivity contribution in [2.75, 3.05) is 0 Å². The van der Waals surface area contributed by atoms with Crippen LogP contribution in [0.2, 0.25) is 0 Å². The molecule has 1 aliphatic rings. The molecule has 3 rings (SSSR count). The predicted molar refractivity (Wildman–Crippen MR) is 52.9 cm³/mol. The van der Waals surface area contributed by atoms with Crippen LogP contribution in [-0.4, -0.2) is 9.55 Å². The van der Waals surface area contributed by atoms with Crippen molar-refractivity contribution in [1.29, 1.82) is 0 Å². The van der Waals surface area contributed by atoms with E-state index in [1.165, 1.54) is 6.07 Å². The molecule has 3 heterocycles. The van der Waals surface area contributed by atoms with Crippen LogP contribution in [0.3, 0.4) is 0 Å². The molecule has 1 aliphatic heterocycles. The van der Waals surface area contributed by atoms with Crippen molar-refractivity contribution >= 4 is 11.0 Å². The highest BCUT2D eigenvalue weighted by molar-refractivity contribution is 5.80. The van der Waals surface area contributed by atoms with Crippen molar-refractivity contribution < 1.29 is 0 Å². The van der Waals surface area contributed by atoms with E-state index in [4.69, 9.17) is 5.73 Å². The van der Waals surface area contributed by atoms with E-state index in [0.717, 1.165) is 16.6 Å². The first-order chi connectivity index (χ1) is 6.77. The van der Waals surface area contributed by atoms with Crippen LogP contribution < -0.4 is 11.3 Å². The molecule has 2 N–H and O–H groups in total. The summed E-state index contributed by atoms with van der Waals surface area (Å²) < 4.78 is 1.70. The third-order valence-corrected chi connectivity index (χ3v) is 2.68. The summed E-state index contributed by atoms with van der Waals surface area (Å²) in [4.78, 5) is 15.7. The Bertz CT molecular complexity index is 573. The van der Waals surface area contributed by atoms with Crippen molar-refractivity contribution in [3.8, 4) is 0 Å². The Morgan fingerprint density at radius 3 is 3.14 bits per heavy atom. The average Bonchev–Trinajstić information content (AvgIpc) is 2.53. The molecule has 0 spiro atoms. The first-order valence-corrected chi connectivity index (χ1v) is 4.51. The summed E-state index contributed by atoms with van der Waals surface area (Å²) in [7, 11) is 0. The first kappa shape index (κ1) is 7.70. The minimum Gasteiger partial charge on any atom is -0.322 e. The molecule has 14 heavy (non-hydrogen) atoms. The minimum atomic E-state index is -0.0735. The van der Waals surface area contributed by atoms with Crippen molar-refractivity contribution in [3.63, 3.8) is 0 Å². The normalized spacial score (nSPS) is 19.1. The highest BCUT2D eigenvalue weighted by atomic mass is 16.1. The largest absolute Gasteiger partial charge is 0.322 e. The molecule has 0 bridgehead atoms. The van der Waals surface area contributed by atoms with Crippen LogP contribution in [0.25, 0.3) is 11.0 Å². The lowest BCUT2D eigenvalue weighted by Gasteiger charge is -2.00. The second-order valence-electron chi connectivity index (χ2n) is 3.52. The van der Waals surface area contributed by atoms with Crippen LogP contribution in [0.5, 0.6) is 0 Å². The van der Waals surface area contributed by atoms with E-state index in [1.807, 2.05) is 6.07 Å². The predicted octanol–water partition coefficient (Wildman–Crippen LogP) is 0.410. The maximum absolute atomic E-state index is 11.5.